The van der Waals surface area contributed by atoms with E-state index in [4.69, 9.17) is 0 Å². The normalized spacial score (nSPS) is 12.6. The highest BCUT2D eigenvalue weighted by Gasteiger charge is 2.14. The summed E-state index contributed by atoms with van der Waals surface area (Å²) in [6, 6.07) is 8.23. The Balaban J connectivity index is 2.18. The molecule has 0 fully saturated rings. The maximum atomic E-state index is 13.2. The molecular formula is C14H14BrF2NS. The molecule has 1 nitrogen and oxygen atoms in total. The second kappa shape index (κ2) is 6.59. The van der Waals surface area contributed by atoms with Crippen molar-refractivity contribution in [3.63, 3.8) is 0 Å². The maximum absolute atomic E-state index is 13.2. The van der Waals surface area contributed by atoms with Gasteiger partial charge in [0.2, 0.25) is 0 Å². The number of hydrogen-bond donors (Lipinski definition) is 1. The van der Waals surface area contributed by atoms with Gasteiger partial charge in [-0.2, -0.15) is 0 Å². The molecule has 102 valence electrons. The number of halogens is 3. The number of likely N-dealkylation sites (N-methyl/N-ethyl adjacent to an activating group) is 1. The van der Waals surface area contributed by atoms with Gasteiger partial charge in [0.1, 0.15) is 0 Å². The lowest BCUT2D eigenvalue weighted by molar-refractivity contribution is 0.503. The van der Waals surface area contributed by atoms with E-state index in [2.05, 4.69) is 21.2 Å². The van der Waals surface area contributed by atoms with E-state index in [-0.39, 0.29) is 6.04 Å². The number of thiophene rings is 1. The molecule has 1 N–H and O–H groups in total. The molecule has 0 aliphatic carbocycles. The molecular weight excluding hydrogens is 332 g/mol. The first kappa shape index (κ1) is 14.6. The fourth-order valence-corrected chi connectivity index (χ4v) is 3.44. The van der Waals surface area contributed by atoms with Gasteiger partial charge in [-0.15, -0.1) is 11.3 Å². The first-order valence-electron chi connectivity index (χ1n) is 6.02. The van der Waals surface area contributed by atoms with Crippen molar-refractivity contribution in [1.29, 1.82) is 0 Å². The second-order valence-corrected chi connectivity index (χ2v) is 6.70. The SMILES string of the molecule is CCNC(Cc1ccc(F)c(F)c1)c1ccc(Br)s1. The Morgan fingerprint density at radius 1 is 1.21 bits per heavy atom. The summed E-state index contributed by atoms with van der Waals surface area (Å²) in [4.78, 5) is 1.18. The molecule has 0 saturated heterocycles. The summed E-state index contributed by atoms with van der Waals surface area (Å²) >= 11 is 5.09. The van der Waals surface area contributed by atoms with Crippen molar-refractivity contribution in [2.75, 3.05) is 6.54 Å². The quantitative estimate of drug-likeness (QED) is 0.829. The van der Waals surface area contributed by atoms with E-state index in [0.717, 1.165) is 15.9 Å². The zero-order valence-electron chi connectivity index (χ0n) is 10.4. The average molecular weight is 346 g/mol. The van der Waals surface area contributed by atoms with Gasteiger partial charge < -0.3 is 5.32 Å². The Bertz CT molecular complexity index is 556. The van der Waals surface area contributed by atoms with Crippen LogP contribution in [-0.4, -0.2) is 6.54 Å². The Morgan fingerprint density at radius 3 is 2.58 bits per heavy atom. The fourth-order valence-electron chi connectivity index (χ4n) is 1.94. The van der Waals surface area contributed by atoms with Gasteiger partial charge in [-0.25, -0.2) is 8.78 Å². The van der Waals surface area contributed by atoms with E-state index in [0.29, 0.717) is 6.42 Å². The lowest BCUT2D eigenvalue weighted by Crippen LogP contribution is -2.22. The van der Waals surface area contributed by atoms with Crippen molar-refractivity contribution < 1.29 is 8.78 Å². The van der Waals surface area contributed by atoms with Crippen LogP contribution in [0, 0.1) is 11.6 Å². The Hall–Kier alpha value is -0.780. The molecule has 0 amide bonds. The fraction of sp³-hybridized carbons (Fsp3) is 0.286. The minimum atomic E-state index is -0.803. The van der Waals surface area contributed by atoms with E-state index in [1.54, 1.807) is 17.4 Å². The number of benzene rings is 1. The van der Waals surface area contributed by atoms with Crippen molar-refractivity contribution in [2.45, 2.75) is 19.4 Å². The lowest BCUT2D eigenvalue weighted by atomic mass is 10.0. The number of nitrogens with one attached hydrogen (secondary N) is 1. The Kier molecular flexibility index (Phi) is 5.07. The molecule has 1 heterocycles. The minimum absolute atomic E-state index is 0.117. The summed E-state index contributed by atoms with van der Waals surface area (Å²) in [5.74, 6) is -1.59. The van der Waals surface area contributed by atoms with Gasteiger partial charge >= 0.3 is 0 Å². The largest absolute Gasteiger partial charge is 0.309 e. The molecule has 2 aromatic rings. The third-order valence-corrected chi connectivity index (χ3v) is 4.55. The molecule has 1 unspecified atom stereocenters. The highest BCUT2D eigenvalue weighted by atomic mass is 79.9. The van der Waals surface area contributed by atoms with E-state index in [9.17, 15) is 8.78 Å². The lowest BCUT2D eigenvalue weighted by Gasteiger charge is -2.16. The van der Waals surface area contributed by atoms with Crippen LogP contribution in [0.1, 0.15) is 23.4 Å². The van der Waals surface area contributed by atoms with E-state index < -0.39 is 11.6 Å². The van der Waals surface area contributed by atoms with Crippen LogP contribution in [0.3, 0.4) is 0 Å². The predicted octanol–water partition coefficient (Wildman–Crippen LogP) is 4.68. The summed E-state index contributed by atoms with van der Waals surface area (Å²) in [6.45, 7) is 2.85. The van der Waals surface area contributed by atoms with Crippen LogP contribution in [-0.2, 0) is 6.42 Å². The van der Waals surface area contributed by atoms with Gasteiger partial charge in [0.25, 0.3) is 0 Å². The predicted molar refractivity (Wildman–Crippen MR) is 78.5 cm³/mol. The highest BCUT2D eigenvalue weighted by molar-refractivity contribution is 9.11. The number of hydrogen-bond acceptors (Lipinski definition) is 2. The van der Waals surface area contributed by atoms with E-state index in [1.807, 2.05) is 19.1 Å². The van der Waals surface area contributed by atoms with Crippen molar-refractivity contribution in [1.82, 2.24) is 5.32 Å². The zero-order valence-corrected chi connectivity index (χ0v) is 12.8. The molecule has 0 saturated carbocycles. The molecule has 2 rings (SSSR count). The average Bonchev–Trinajstić information content (AvgIpc) is 2.80. The van der Waals surface area contributed by atoms with Gasteiger partial charge in [0.15, 0.2) is 11.6 Å². The van der Waals surface area contributed by atoms with Crippen LogP contribution < -0.4 is 5.32 Å². The first-order chi connectivity index (χ1) is 9.10. The molecule has 0 spiro atoms. The van der Waals surface area contributed by atoms with Crippen molar-refractivity contribution >= 4 is 27.3 Å². The summed E-state index contributed by atoms with van der Waals surface area (Å²) < 4.78 is 27.2. The maximum Gasteiger partial charge on any atom is 0.159 e. The first-order valence-corrected chi connectivity index (χ1v) is 7.63. The van der Waals surface area contributed by atoms with Crippen LogP contribution in [0.25, 0.3) is 0 Å². The van der Waals surface area contributed by atoms with Crippen LogP contribution in [0.15, 0.2) is 34.1 Å². The third kappa shape index (κ3) is 3.84. The molecule has 19 heavy (non-hydrogen) atoms. The minimum Gasteiger partial charge on any atom is -0.309 e. The zero-order chi connectivity index (χ0) is 13.8. The standard InChI is InChI=1S/C14H14BrF2NS/c1-2-18-12(13-5-6-14(15)19-13)8-9-3-4-10(16)11(17)7-9/h3-7,12,18H,2,8H2,1H3. The molecule has 0 bridgehead atoms. The Labute approximate surface area is 123 Å². The van der Waals surface area contributed by atoms with Crippen LogP contribution in [0.5, 0.6) is 0 Å². The summed E-state index contributed by atoms with van der Waals surface area (Å²) in [5.41, 5.74) is 0.786. The number of rotatable bonds is 5. The van der Waals surface area contributed by atoms with Crippen molar-refractivity contribution in [3.8, 4) is 0 Å². The molecule has 0 aliphatic rings. The molecule has 0 radical (unpaired) electrons. The highest BCUT2D eigenvalue weighted by Crippen LogP contribution is 2.29. The second-order valence-electron chi connectivity index (χ2n) is 4.20. The summed E-state index contributed by atoms with van der Waals surface area (Å²) in [6.07, 6.45) is 0.637. The van der Waals surface area contributed by atoms with Crippen LogP contribution >= 0.6 is 27.3 Å². The van der Waals surface area contributed by atoms with Crippen molar-refractivity contribution in [3.05, 3.63) is 56.2 Å². The van der Waals surface area contributed by atoms with Crippen molar-refractivity contribution in [2.24, 2.45) is 0 Å². The Morgan fingerprint density at radius 2 is 2.00 bits per heavy atom. The van der Waals surface area contributed by atoms with Gasteiger partial charge in [0.05, 0.1) is 3.79 Å². The van der Waals surface area contributed by atoms with Gasteiger partial charge in [-0.3, -0.25) is 0 Å². The molecule has 1 aromatic heterocycles. The van der Waals surface area contributed by atoms with Gasteiger partial charge in [-0.1, -0.05) is 13.0 Å². The van der Waals surface area contributed by atoms with Crippen LogP contribution in [0.2, 0.25) is 0 Å². The van der Waals surface area contributed by atoms with Gasteiger partial charge in [0, 0.05) is 10.9 Å². The summed E-state index contributed by atoms with van der Waals surface area (Å²) in [7, 11) is 0. The third-order valence-electron chi connectivity index (χ3n) is 2.81. The topological polar surface area (TPSA) is 12.0 Å². The molecule has 1 aromatic carbocycles. The molecule has 1 atom stereocenters. The van der Waals surface area contributed by atoms with Gasteiger partial charge in [-0.05, 0) is 58.7 Å². The van der Waals surface area contributed by atoms with Crippen LogP contribution in [0.4, 0.5) is 8.78 Å². The van der Waals surface area contributed by atoms with E-state index >= 15 is 0 Å². The van der Waals surface area contributed by atoms with E-state index in [1.165, 1.54) is 17.0 Å². The molecule has 0 aliphatic heterocycles. The monoisotopic (exact) mass is 345 g/mol. The smallest absolute Gasteiger partial charge is 0.159 e. The summed E-state index contributed by atoms with van der Waals surface area (Å²) in [5, 5.41) is 3.37. The molecule has 5 heteroatoms.